The van der Waals surface area contributed by atoms with Gasteiger partial charge < -0.3 is 9.64 Å². The Bertz CT molecular complexity index is 1150. The molecular formula is C23H25ClN4O3. The van der Waals surface area contributed by atoms with E-state index >= 15 is 0 Å². The number of para-hydroxylation sites is 1. The summed E-state index contributed by atoms with van der Waals surface area (Å²) in [5, 5.41) is 7.37. The molecule has 2 heterocycles. The quantitative estimate of drug-likeness (QED) is 0.657. The number of likely N-dealkylation sites (tertiary alicyclic amines) is 1. The van der Waals surface area contributed by atoms with Gasteiger partial charge in [0.05, 0.1) is 18.4 Å². The Kier molecular flexibility index (Phi) is 6.13. The minimum Gasteiger partial charge on any atom is -0.496 e. The first-order valence-electron chi connectivity index (χ1n) is 10.3. The van der Waals surface area contributed by atoms with E-state index in [0.717, 1.165) is 29.9 Å². The van der Waals surface area contributed by atoms with Crippen LogP contribution in [0.3, 0.4) is 0 Å². The second-order valence-electron chi connectivity index (χ2n) is 7.85. The average molecular weight is 441 g/mol. The summed E-state index contributed by atoms with van der Waals surface area (Å²) in [6.07, 6.45) is 2.35. The lowest BCUT2D eigenvalue weighted by atomic mass is 9.92. The summed E-state index contributed by atoms with van der Waals surface area (Å²) < 4.78 is 6.99. The van der Waals surface area contributed by atoms with Gasteiger partial charge in [0, 0.05) is 24.5 Å². The molecule has 1 saturated heterocycles. The number of amides is 1. The highest BCUT2D eigenvalue weighted by Crippen LogP contribution is 2.27. The van der Waals surface area contributed by atoms with Crippen LogP contribution in [0.4, 0.5) is 0 Å². The Morgan fingerprint density at radius 1 is 1.23 bits per heavy atom. The van der Waals surface area contributed by atoms with Crippen molar-refractivity contribution in [2.75, 3.05) is 20.2 Å². The minimum absolute atomic E-state index is 0.0746. The van der Waals surface area contributed by atoms with Crippen LogP contribution in [-0.2, 0) is 6.42 Å². The van der Waals surface area contributed by atoms with Gasteiger partial charge in [0.15, 0.2) is 0 Å². The van der Waals surface area contributed by atoms with E-state index in [1.807, 2.05) is 36.1 Å². The van der Waals surface area contributed by atoms with E-state index in [0.29, 0.717) is 41.8 Å². The second-order valence-corrected chi connectivity index (χ2v) is 8.29. The second kappa shape index (κ2) is 8.98. The number of hydrogen-bond acceptors (Lipinski definition) is 4. The molecule has 162 valence electrons. The molecule has 1 fully saturated rings. The summed E-state index contributed by atoms with van der Waals surface area (Å²) in [7, 11) is 1.55. The molecule has 0 saturated carbocycles. The highest BCUT2D eigenvalue weighted by Gasteiger charge is 2.27. The molecule has 0 aliphatic carbocycles. The summed E-state index contributed by atoms with van der Waals surface area (Å²) in [5.74, 6) is 1.51. The molecule has 0 unspecified atom stereocenters. The van der Waals surface area contributed by atoms with Crippen molar-refractivity contribution in [1.29, 1.82) is 0 Å². The molecule has 0 spiro atoms. The fourth-order valence-electron chi connectivity index (χ4n) is 4.15. The third kappa shape index (κ3) is 4.37. The lowest BCUT2D eigenvalue weighted by molar-refractivity contribution is 0.0686. The zero-order valence-corrected chi connectivity index (χ0v) is 18.4. The molecule has 0 radical (unpaired) electrons. The van der Waals surface area contributed by atoms with Crippen LogP contribution >= 0.6 is 11.6 Å². The van der Waals surface area contributed by atoms with Crippen molar-refractivity contribution >= 4 is 17.5 Å². The van der Waals surface area contributed by atoms with Gasteiger partial charge in [-0.25, -0.2) is 14.5 Å². The van der Waals surface area contributed by atoms with Gasteiger partial charge in [0.25, 0.3) is 5.91 Å². The van der Waals surface area contributed by atoms with Crippen LogP contribution in [0.2, 0.25) is 5.02 Å². The van der Waals surface area contributed by atoms with Gasteiger partial charge in [-0.3, -0.25) is 4.79 Å². The predicted molar refractivity (Wildman–Crippen MR) is 119 cm³/mol. The molecule has 1 N–H and O–H groups in total. The lowest BCUT2D eigenvalue weighted by Crippen LogP contribution is -2.39. The van der Waals surface area contributed by atoms with E-state index in [9.17, 15) is 9.59 Å². The zero-order chi connectivity index (χ0) is 22.0. The number of ether oxygens (including phenoxy) is 1. The summed E-state index contributed by atoms with van der Waals surface area (Å²) in [6, 6.07) is 12.8. The van der Waals surface area contributed by atoms with E-state index < -0.39 is 0 Å². The van der Waals surface area contributed by atoms with Gasteiger partial charge in [0.1, 0.15) is 11.6 Å². The molecule has 3 aromatic rings. The van der Waals surface area contributed by atoms with E-state index in [-0.39, 0.29) is 11.6 Å². The number of aromatic nitrogens is 3. The number of nitrogens with zero attached hydrogens (tertiary/aromatic N) is 3. The molecule has 2 aromatic carbocycles. The van der Waals surface area contributed by atoms with E-state index in [1.165, 1.54) is 0 Å². The van der Waals surface area contributed by atoms with Crippen molar-refractivity contribution in [3.05, 3.63) is 74.9 Å². The number of benzene rings is 2. The number of methoxy groups -OCH3 is 1. The van der Waals surface area contributed by atoms with Gasteiger partial charge in [0.2, 0.25) is 0 Å². The third-order valence-electron chi connectivity index (χ3n) is 5.86. The highest BCUT2D eigenvalue weighted by atomic mass is 35.5. The molecule has 1 amide bonds. The van der Waals surface area contributed by atoms with Crippen molar-refractivity contribution in [2.24, 2.45) is 5.92 Å². The molecule has 31 heavy (non-hydrogen) atoms. The highest BCUT2D eigenvalue weighted by molar-refractivity contribution is 6.31. The molecule has 1 aliphatic rings. The number of hydrogen-bond donors (Lipinski definition) is 1. The number of halogens is 1. The Labute approximate surface area is 185 Å². The Hall–Kier alpha value is -3.06. The molecular weight excluding hydrogens is 416 g/mol. The molecule has 8 heteroatoms. The number of nitrogens with one attached hydrogen (secondary N) is 1. The van der Waals surface area contributed by atoms with Gasteiger partial charge >= 0.3 is 5.69 Å². The van der Waals surface area contributed by atoms with Crippen molar-refractivity contribution in [1.82, 2.24) is 19.7 Å². The number of piperidine rings is 1. The fourth-order valence-corrected chi connectivity index (χ4v) is 4.32. The molecule has 0 atom stereocenters. The first kappa shape index (κ1) is 21.2. The van der Waals surface area contributed by atoms with Crippen molar-refractivity contribution in [2.45, 2.75) is 26.2 Å². The van der Waals surface area contributed by atoms with E-state index in [1.54, 1.807) is 29.9 Å². The predicted octanol–water partition coefficient (Wildman–Crippen LogP) is 3.63. The van der Waals surface area contributed by atoms with Crippen LogP contribution in [0, 0.1) is 12.8 Å². The van der Waals surface area contributed by atoms with Crippen molar-refractivity contribution in [3.8, 4) is 11.4 Å². The summed E-state index contributed by atoms with van der Waals surface area (Å²) >= 11 is 6.08. The van der Waals surface area contributed by atoms with E-state index in [2.05, 4.69) is 10.2 Å². The van der Waals surface area contributed by atoms with Gasteiger partial charge in [-0.2, -0.15) is 5.10 Å². The number of aryl methyl sites for hydroxylation is 1. The number of H-pyrrole nitrogens is 1. The van der Waals surface area contributed by atoms with Gasteiger partial charge in [-0.1, -0.05) is 29.8 Å². The zero-order valence-electron chi connectivity index (χ0n) is 17.6. The smallest absolute Gasteiger partial charge is 0.347 e. The fraction of sp³-hybridized carbons (Fsp3) is 0.348. The minimum atomic E-state index is -0.232. The van der Waals surface area contributed by atoms with Crippen LogP contribution in [-0.4, -0.2) is 45.8 Å². The van der Waals surface area contributed by atoms with Crippen LogP contribution in [0.25, 0.3) is 5.69 Å². The normalized spacial score (nSPS) is 14.6. The first-order chi connectivity index (χ1) is 15.0. The summed E-state index contributed by atoms with van der Waals surface area (Å²) in [6.45, 7) is 3.25. The van der Waals surface area contributed by atoms with Crippen LogP contribution < -0.4 is 10.4 Å². The molecule has 7 nitrogen and oxygen atoms in total. The average Bonchev–Trinajstić information content (AvgIpc) is 3.14. The van der Waals surface area contributed by atoms with Crippen molar-refractivity contribution in [3.63, 3.8) is 0 Å². The maximum atomic E-state index is 13.0. The number of rotatable bonds is 5. The van der Waals surface area contributed by atoms with Crippen LogP contribution in [0.5, 0.6) is 5.75 Å². The van der Waals surface area contributed by atoms with E-state index in [4.69, 9.17) is 16.3 Å². The van der Waals surface area contributed by atoms with Gasteiger partial charge in [-0.15, -0.1) is 0 Å². The summed E-state index contributed by atoms with van der Waals surface area (Å²) in [4.78, 5) is 27.2. The maximum absolute atomic E-state index is 13.0. The van der Waals surface area contributed by atoms with Crippen LogP contribution in [0.1, 0.15) is 34.6 Å². The monoisotopic (exact) mass is 440 g/mol. The molecule has 1 aliphatic heterocycles. The van der Waals surface area contributed by atoms with Gasteiger partial charge in [-0.05, 0) is 55.5 Å². The van der Waals surface area contributed by atoms with Crippen LogP contribution in [0.15, 0.2) is 47.3 Å². The number of carbonyl (C=O) groups is 1. The third-order valence-corrected chi connectivity index (χ3v) is 6.10. The Morgan fingerprint density at radius 2 is 1.97 bits per heavy atom. The Morgan fingerprint density at radius 3 is 2.68 bits per heavy atom. The largest absolute Gasteiger partial charge is 0.496 e. The number of carbonyl (C=O) groups excluding carboxylic acids is 1. The topological polar surface area (TPSA) is 80.2 Å². The molecule has 1 aromatic heterocycles. The Balaban J connectivity index is 1.45. The SMILES string of the molecule is COc1ccc(Cl)cc1C(=O)N1CCC(Cc2n[nH]c(=O)n2-c2ccccc2C)CC1. The summed E-state index contributed by atoms with van der Waals surface area (Å²) in [5.41, 5.74) is 2.11. The molecule has 0 bridgehead atoms. The molecule has 4 rings (SSSR count). The maximum Gasteiger partial charge on any atom is 0.347 e. The standard InChI is InChI=1S/C23H25ClN4O3/c1-15-5-3-4-6-19(15)28-21(25-26-23(28)30)13-16-9-11-27(12-10-16)22(29)18-14-17(24)7-8-20(18)31-2/h3-8,14,16H,9-13H2,1-2H3,(H,26,30). The lowest BCUT2D eigenvalue weighted by Gasteiger charge is -2.32. The number of aromatic amines is 1. The van der Waals surface area contributed by atoms with Crippen molar-refractivity contribution < 1.29 is 9.53 Å². The first-order valence-corrected chi connectivity index (χ1v) is 10.7.